The summed E-state index contributed by atoms with van der Waals surface area (Å²) in [7, 11) is -3.16. The van der Waals surface area contributed by atoms with Crippen LogP contribution in [-0.4, -0.2) is 14.2 Å². The van der Waals surface area contributed by atoms with Crippen LogP contribution in [0.25, 0.3) is 0 Å². The standard InChI is InChI=1S/C14H23NO2S/c1-4-6-11-18(16,17)15-14(5-2)13-9-7-12(3)8-10-13/h7-10,14-15H,4-6,11H2,1-3H3. The van der Waals surface area contributed by atoms with Crippen molar-refractivity contribution >= 4 is 10.0 Å². The van der Waals surface area contributed by atoms with Gasteiger partial charge in [0.15, 0.2) is 0 Å². The van der Waals surface area contributed by atoms with Crippen LogP contribution in [0.5, 0.6) is 0 Å². The zero-order chi connectivity index (χ0) is 13.6. The molecule has 0 aliphatic rings. The maximum Gasteiger partial charge on any atom is 0.212 e. The quantitative estimate of drug-likeness (QED) is 0.826. The summed E-state index contributed by atoms with van der Waals surface area (Å²) in [6.07, 6.45) is 2.36. The molecule has 0 fully saturated rings. The van der Waals surface area contributed by atoms with Crippen molar-refractivity contribution in [2.24, 2.45) is 0 Å². The zero-order valence-corrected chi connectivity index (χ0v) is 12.3. The van der Waals surface area contributed by atoms with Crippen molar-refractivity contribution in [3.05, 3.63) is 35.4 Å². The molecule has 1 rings (SSSR count). The van der Waals surface area contributed by atoms with Gasteiger partial charge in [0.2, 0.25) is 10.0 Å². The van der Waals surface area contributed by atoms with Gasteiger partial charge in [-0.2, -0.15) is 0 Å². The van der Waals surface area contributed by atoms with Gasteiger partial charge in [0.1, 0.15) is 0 Å². The van der Waals surface area contributed by atoms with E-state index in [1.54, 1.807) is 0 Å². The lowest BCUT2D eigenvalue weighted by atomic mass is 10.0. The normalized spacial score (nSPS) is 13.5. The van der Waals surface area contributed by atoms with Crippen molar-refractivity contribution < 1.29 is 8.42 Å². The fourth-order valence-electron chi connectivity index (χ4n) is 1.80. The number of hydrogen-bond donors (Lipinski definition) is 1. The van der Waals surface area contributed by atoms with Crippen molar-refractivity contribution in [2.45, 2.75) is 46.1 Å². The van der Waals surface area contributed by atoms with Gasteiger partial charge in [-0.15, -0.1) is 0 Å². The number of nitrogens with one attached hydrogen (secondary N) is 1. The predicted octanol–water partition coefficient (Wildman–Crippen LogP) is 3.17. The van der Waals surface area contributed by atoms with Crippen molar-refractivity contribution in [3.63, 3.8) is 0 Å². The van der Waals surface area contributed by atoms with Gasteiger partial charge in [-0.3, -0.25) is 0 Å². The maximum absolute atomic E-state index is 11.9. The molecule has 0 aromatic heterocycles. The van der Waals surface area contributed by atoms with E-state index in [1.807, 2.05) is 45.0 Å². The SMILES string of the molecule is CCCCS(=O)(=O)NC(CC)c1ccc(C)cc1. The highest BCUT2D eigenvalue weighted by Gasteiger charge is 2.17. The third-order valence-corrected chi connectivity index (χ3v) is 4.45. The summed E-state index contributed by atoms with van der Waals surface area (Å²) in [5.41, 5.74) is 2.21. The molecule has 0 heterocycles. The summed E-state index contributed by atoms with van der Waals surface area (Å²) >= 11 is 0. The lowest BCUT2D eigenvalue weighted by Crippen LogP contribution is -2.30. The van der Waals surface area contributed by atoms with E-state index in [9.17, 15) is 8.42 Å². The van der Waals surface area contributed by atoms with Crippen LogP contribution in [0.3, 0.4) is 0 Å². The Bertz CT molecular complexity index is 451. The summed E-state index contributed by atoms with van der Waals surface area (Å²) in [6.45, 7) is 6.01. The zero-order valence-electron chi connectivity index (χ0n) is 11.4. The van der Waals surface area contributed by atoms with E-state index in [-0.39, 0.29) is 11.8 Å². The first kappa shape index (κ1) is 15.2. The average molecular weight is 269 g/mol. The predicted molar refractivity (Wildman–Crippen MR) is 76.0 cm³/mol. The molecule has 0 saturated carbocycles. The molecule has 1 aromatic carbocycles. The molecule has 0 radical (unpaired) electrons. The Morgan fingerprint density at radius 2 is 1.78 bits per heavy atom. The minimum Gasteiger partial charge on any atom is -0.212 e. The number of rotatable bonds is 7. The molecular formula is C14H23NO2S. The summed E-state index contributed by atoms with van der Waals surface area (Å²) < 4.78 is 26.6. The molecule has 1 atom stereocenters. The third kappa shape index (κ3) is 4.78. The van der Waals surface area contributed by atoms with Gasteiger partial charge >= 0.3 is 0 Å². The molecule has 4 heteroatoms. The fraction of sp³-hybridized carbons (Fsp3) is 0.571. The van der Waals surface area contributed by atoms with Gasteiger partial charge < -0.3 is 0 Å². The highest BCUT2D eigenvalue weighted by molar-refractivity contribution is 7.89. The average Bonchev–Trinajstić information content (AvgIpc) is 2.35. The monoisotopic (exact) mass is 269 g/mol. The third-order valence-electron chi connectivity index (χ3n) is 2.98. The number of benzene rings is 1. The van der Waals surface area contributed by atoms with E-state index in [0.717, 1.165) is 18.4 Å². The smallest absolute Gasteiger partial charge is 0.212 e. The van der Waals surface area contributed by atoms with Gasteiger partial charge in [0.25, 0.3) is 0 Å². The van der Waals surface area contributed by atoms with Gasteiger partial charge in [0.05, 0.1) is 5.75 Å². The Kier molecular flexibility index (Phi) is 5.82. The highest BCUT2D eigenvalue weighted by atomic mass is 32.2. The van der Waals surface area contributed by atoms with Gasteiger partial charge in [-0.05, 0) is 25.3 Å². The summed E-state index contributed by atoms with van der Waals surface area (Å²) in [5.74, 6) is 0.214. The van der Waals surface area contributed by atoms with Gasteiger partial charge in [0, 0.05) is 6.04 Å². The molecule has 0 aliphatic carbocycles. The number of unbranched alkanes of at least 4 members (excludes halogenated alkanes) is 1. The summed E-state index contributed by atoms with van der Waals surface area (Å²) in [5, 5.41) is 0. The van der Waals surface area contributed by atoms with Crippen LogP contribution in [0.15, 0.2) is 24.3 Å². The minimum absolute atomic E-state index is 0.118. The first-order valence-electron chi connectivity index (χ1n) is 6.55. The van der Waals surface area contributed by atoms with Crippen LogP contribution in [-0.2, 0) is 10.0 Å². The second-order valence-corrected chi connectivity index (χ2v) is 6.54. The Morgan fingerprint density at radius 1 is 1.17 bits per heavy atom. The van der Waals surface area contributed by atoms with E-state index >= 15 is 0 Å². The highest BCUT2D eigenvalue weighted by Crippen LogP contribution is 2.18. The van der Waals surface area contributed by atoms with Crippen LogP contribution in [0.4, 0.5) is 0 Å². The van der Waals surface area contributed by atoms with E-state index in [0.29, 0.717) is 6.42 Å². The van der Waals surface area contributed by atoms with Gasteiger partial charge in [-0.1, -0.05) is 50.1 Å². The minimum atomic E-state index is -3.16. The van der Waals surface area contributed by atoms with Crippen molar-refractivity contribution in [3.8, 4) is 0 Å². The van der Waals surface area contributed by atoms with Gasteiger partial charge in [-0.25, -0.2) is 13.1 Å². The Morgan fingerprint density at radius 3 is 2.28 bits per heavy atom. The van der Waals surface area contributed by atoms with E-state index < -0.39 is 10.0 Å². The second kappa shape index (κ2) is 6.90. The van der Waals surface area contributed by atoms with Crippen LogP contribution in [0.2, 0.25) is 0 Å². The second-order valence-electron chi connectivity index (χ2n) is 4.66. The summed E-state index contributed by atoms with van der Waals surface area (Å²) in [6, 6.07) is 7.89. The van der Waals surface area contributed by atoms with Crippen LogP contribution < -0.4 is 4.72 Å². The molecule has 1 unspecified atom stereocenters. The topological polar surface area (TPSA) is 46.2 Å². The molecule has 3 nitrogen and oxygen atoms in total. The molecule has 0 aliphatic heterocycles. The lowest BCUT2D eigenvalue weighted by molar-refractivity contribution is 0.547. The molecule has 0 bridgehead atoms. The fourth-order valence-corrected chi connectivity index (χ4v) is 3.32. The number of hydrogen-bond acceptors (Lipinski definition) is 2. The number of sulfonamides is 1. The van der Waals surface area contributed by atoms with E-state index in [2.05, 4.69) is 4.72 Å². The first-order valence-corrected chi connectivity index (χ1v) is 8.20. The molecule has 1 N–H and O–H groups in total. The molecule has 18 heavy (non-hydrogen) atoms. The summed E-state index contributed by atoms with van der Waals surface area (Å²) in [4.78, 5) is 0. The van der Waals surface area contributed by atoms with Crippen molar-refractivity contribution in [1.29, 1.82) is 0 Å². The molecule has 0 spiro atoms. The van der Waals surface area contributed by atoms with Crippen LogP contribution in [0, 0.1) is 6.92 Å². The molecule has 0 saturated heterocycles. The maximum atomic E-state index is 11.9. The molecule has 1 aromatic rings. The Balaban J connectivity index is 2.76. The van der Waals surface area contributed by atoms with E-state index in [1.165, 1.54) is 5.56 Å². The molecule has 102 valence electrons. The largest absolute Gasteiger partial charge is 0.212 e. The Labute approximate surface area is 111 Å². The first-order chi connectivity index (χ1) is 8.48. The van der Waals surface area contributed by atoms with Crippen molar-refractivity contribution in [2.75, 3.05) is 5.75 Å². The van der Waals surface area contributed by atoms with E-state index in [4.69, 9.17) is 0 Å². The molecule has 0 amide bonds. The molecular weight excluding hydrogens is 246 g/mol. The lowest BCUT2D eigenvalue weighted by Gasteiger charge is -2.17. The number of aryl methyl sites for hydroxylation is 1. The van der Waals surface area contributed by atoms with Crippen molar-refractivity contribution in [1.82, 2.24) is 4.72 Å². The Hall–Kier alpha value is -0.870. The van der Waals surface area contributed by atoms with Crippen LogP contribution >= 0.6 is 0 Å². The van der Waals surface area contributed by atoms with Crippen LogP contribution in [0.1, 0.15) is 50.3 Å².